The summed E-state index contributed by atoms with van der Waals surface area (Å²) in [6.45, 7) is 7.57. The van der Waals surface area contributed by atoms with Gasteiger partial charge in [-0.05, 0) is 51.1 Å². The van der Waals surface area contributed by atoms with Gasteiger partial charge >= 0.3 is 0 Å². The van der Waals surface area contributed by atoms with Crippen LogP contribution in [0.25, 0.3) is 0 Å². The largest absolute Gasteiger partial charge is 0.362 e. The highest BCUT2D eigenvalue weighted by Gasteiger charge is 2.31. The minimum Gasteiger partial charge on any atom is -0.362 e. The van der Waals surface area contributed by atoms with Crippen LogP contribution in [0.1, 0.15) is 71.8 Å². The Morgan fingerprint density at radius 1 is 1.18 bits per heavy atom. The highest BCUT2D eigenvalue weighted by Crippen LogP contribution is 2.26. The van der Waals surface area contributed by atoms with Crippen molar-refractivity contribution in [2.75, 3.05) is 6.54 Å². The Hall–Kier alpha value is -1.02. The molecule has 0 saturated heterocycles. The van der Waals surface area contributed by atoms with Gasteiger partial charge < -0.3 is 5.11 Å². The number of aliphatic hydroxyl groups is 1. The normalized spacial score (nSPS) is 15.9. The van der Waals surface area contributed by atoms with Crippen LogP contribution in [0, 0.1) is 5.92 Å². The van der Waals surface area contributed by atoms with Crippen LogP contribution >= 0.6 is 0 Å². The molecule has 0 bridgehead atoms. The van der Waals surface area contributed by atoms with Gasteiger partial charge in [-0.25, -0.2) is 12.8 Å². The summed E-state index contributed by atoms with van der Waals surface area (Å²) >= 11 is 0. The lowest BCUT2D eigenvalue weighted by atomic mass is 9.89. The zero-order valence-electron chi connectivity index (χ0n) is 17.7. The average Bonchev–Trinajstić information content (AvgIpc) is 2.56. The number of nitrogens with one attached hydrogen (secondary N) is 2. The summed E-state index contributed by atoms with van der Waals surface area (Å²) in [5, 5.41) is 13.7. The molecule has 1 aromatic carbocycles. The quantitative estimate of drug-likeness (QED) is 0.315. The van der Waals surface area contributed by atoms with Crippen LogP contribution < -0.4 is 10.0 Å². The Morgan fingerprint density at radius 2 is 1.82 bits per heavy atom. The number of hydrogen-bond acceptors (Lipinski definition) is 4. The van der Waals surface area contributed by atoms with Crippen molar-refractivity contribution in [2.24, 2.45) is 5.92 Å². The third-order valence-electron chi connectivity index (χ3n) is 4.69. The molecule has 0 aliphatic heterocycles. The molecule has 7 heteroatoms. The Kier molecular flexibility index (Phi) is 10.0. The second kappa shape index (κ2) is 11.2. The molecule has 0 fully saturated rings. The second-order valence-electron chi connectivity index (χ2n) is 8.22. The summed E-state index contributed by atoms with van der Waals surface area (Å²) in [5.41, 5.74) is -0.530. The number of rotatable bonds is 14. The summed E-state index contributed by atoms with van der Waals surface area (Å²) in [4.78, 5) is 0. The first-order valence-corrected chi connectivity index (χ1v) is 11.9. The fourth-order valence-electron chi connectivity index (χ4n) is 3.45. The third-order valence-corrected chi connectivity index (χ3v) is 6.06. The molecule has 162 valence electrons. The van der Waals surface area contributed by atoms with E-state index in [0.29, 0.717) is 24.9 Å². The standard InChI is InChI=1S/C21H37FN2O3S/c1-5-14-21(25,23-15-10-13-18(6-2)16-20(3,4)22)24-28(26,27)17-19-11-8-7-9-12-19/h7-9,11-12,18,23-25H,5-6,10,13-17H2,1-4H3. The number of benzene rings is 1. The Bertz CT molecular complexity index is 662. The molecule has 0 radical (unpaired) electrons. The molecular formula is C21H37FN2O3S. The zero-order chi connectivity index (χ0) is 21.3. The molecule has 2 atom stereocenters. The summed E-state index contributed by atoms with van der Waals surface area (Å²) < 4.78 is 41.2. The monoisotopic (exact) mass is 416 g/mol. The van der Waals surface area contributed by atoms with Gasteiger partial charge in [0.25, 0.3) is 0 Å². The third kappa shape index (κ3) is 10.5. The molecule has 0 aromatic heterocycles. The van der Waals surface area contributed by atoms with Crippen molar-refractivity contribution in [3.05, 3.63) is 35.9 Å². The topological polar surface area (TPSA) is 78.4 Å². The predicted octanol–water partition coefficient (Wildman–Crippen LogP) is 4.09. The Labute approximate surface area is 170 Å². The molecule has 3 N–H and O–H groups in total. The maximum absolute atomic E-state index is 13.9. The van der Waals surface area contributed by atoms with Crippen molar-refractivity contribution < 1.29 is 17.9 Å². The van der Waals surface area contributed by atoms with E-state index in [0.717, 1.165) is 19.3 Å². The molecule has 0 spiro atoms. The lowest BCUT2D eigenvalue weighted by molar-refractivity contribution is -0.0150. The van der Waals surface area contributed by atoms with Crippen LogP contribution in [0.5, 0.6) is 0 Å². The van der Waals surface area contributed by atoms with E-state index in [1.165, 1.54) is 0 Å². The van der Waals surface area contributed by atoms with Crippen molar-refractivity contribution in [1.82, 2.24) is 10.0 Å². The second-order valence-corrected chi connectivity index (χ2v) is 9.95. The van der Waals surface area contributed by atoms with Gasteiger partial charge in [0.1, 0.15) is 5.67 Å². The van der Waals surface area contributed by atoms with Crippen molar-refractivity contribution in [3.8, 4) is 0 Å². The summed E-state index contributed by atoms with van der Waals surface area (Å²) in [6, 6.07) is 8.87. The number of hydrogen-bond donors (Lipinski definition) is 3. The first kappa shape index (κ1) is 25.0. The van der Waals surface area contributed by atoms with E-state index in [2.05, 4.69) is 17.0 Å². The van der Waals surface area contributed by atoms with Crippen LogP contribution in [0.15, 0.2) is 30.3 Å². The molecule has 0 aliphatic rings. The maximum atomic E-state index is 13.9. The van der Waals surface area contributed by atoms with Gasteiger partial charge in [-0.1, -0.05) is 57.0 Å². The van der Waals surface area contributed by atoms with E-state index in [9.17, 15) is 17.9 Å². The van der Waals surface area contributed by atoms with Gasteiger partial charge in [0, 0.05) is 6.42 Å². The molecule has 0 aliphatic carbocycles. The molecule has 0 heterocycles. The van der Waals surface area contributed by atoms with Gasteiger partial charge in [0.2, 0.25) is 10.0 Å². The smallest absolute Gasteiger partial charge is 0.219 e. The van der Waals surface area contributed by atoms with Crippen molar-refractivity contribution in [1.29, 1.82) is 0 Å². The van der Waals surface area contributed by atoms with E-state index in [4.69, 9.17) is 0 Å². The predicted molar refractivity (Wildman–Crippen MR) is 113 cm³/mol. The van der Waals surface area contributed by atoms with Gasteiger partial charge in [-0.2, -0.15) is 4.72 Å². The molecule has 1 rings (SSSR count). The SMILES string of the molecule is CCCC(O)(NCCCC(CC)CC(C)(C)F)NS(=O)(=O)Cc1ccccc1. The van der Waals surface area contributed by atoms with E-state index in [-0.39, 0.29) is 18.1 Å². The van der Waals surface area contributed by atoms with Gasteiger partial charge in [-0.3, -0.25) is 5.32 Å². The molecular weight excluding hydrogens is 379 g/mol. The summed E-state index contributed by atoms with van der Waals surface area (Å²) in [7, 11) is -3.71. The maximum Gasteiger partial charge on any atom is 0.219 e. The minimum absolute atomic E-state index is 0.189. The number of sulfonamides is 1. The first-order chi connectivity index (χ1) is 13.0. The lowest BCUT2D eigenvalue weighted by Crippen LogP contribution is -2.59. The summed E-state index contributed by atoms with van der Waals surface area (Å²) in [6.07, 6.45) is 3.85. The fourth-order valence-corrected chi connectivity index (χ4v) is 4.84. The fraction of sp³-hybridized carbons (Fsp3) is 0.714. The van der Waals surface area contributed by atoms with Crippen LogP contribution in [-0.4, -0.2) is 31.6 Å². The van der Waals surface area contributed by atoms with Gasteiger partial charge in [0.05, 0.1) is 5.75 Å². The average molecular weight is 417 g/mol. The Morgan fingerprint density at radius 3 is 2.36 bits per heavy atom. The minimum atomic E-state index is -3.71. The molecule has 0 amide bonds. The van der Waals surface area contributed by atoms with E-state index >= 15 is 0 Å². The van der Waals surface area contributed by atoms with Crippen molar-refractivity contribution >= 4 is 10.0 Å². The molecule has 0 saturated carbocycles. The van der Waals surface area contributed by atoms with Crippen LogP contribution in [0.2, 0.25) is 0 Å². The number of halogens is 1. The highest BCUT2D eigenvalue weighted by molar-refractivity contribution is 7.88. The molecule has 2 unspecified atom stereocenters. The van der Waals surface area contributed by atoms with E-state index in [1.807, 2.05) is 13.0 Å². The van der Waals surface area contributed by atoms with Gasteiger partial charge in [-0.15, -0.1) is 0 Å². The van der Waals surface area contributed by atoms with Crippen LogP contribution in [-0.2, 0) is 15.8 Å². The first-order valence-electron chi connectivity index (χ1n) is 10.2. The lowest BCUT2D eigenvalue weighted by Gasteiger charge is -2.30. The Balaban J connectivity index is 2.59. The summed E-state index contributed by atoms with van der Waals surface area (Å²) in [5.74, 6) is -1.59. The van der Waals surface area contributed by atoms with Gasteiger partial charge in [0.15, 0.2) is 5.85 Å². The molecule has 28 heavy (non-hydrogen) atoms. The zero-order valence-corrected chi connectivity index (χ0v) is 18.5. The van der Waals surface area contributed by atoms with Crippen LogP contribution in [0.4, 0.5) is 4.39 Å². The van der Waals surface area contributed by atoms with E-state index in [1.54, 1.807) is 38.1 Å². The van der Waals surface area contributed by atoms with Crippen molar-refractivity contribution in [3.63, 3.8) is 0 Å². The molecule has 5 nitrogen and oxygen atoms in total. The van der Waals surface area contributed by atoms with Crippen LogP contribution in [0.3, 0.4) is 0 Å². The van der Waals surface area contributed by atoms with E-state index < -0.39 is 21.5 Å². The highest BCUT2D eigenvalue weighted by atomic mass is 32.2. The molecule has 1 aromatic rings. The number of alkyl halides is 1. The van der Waals surface area contributed by atoms with Crippen molar-refractivity contribution in [2.45, 2.75) is 83.5 Å².